The van der Waals surface area contributed by atoms with Gasteiger partial charge in [-0.2, -0.15) is 0 Å². The highest BCUT2D eigenvalue weighted by Crippen LogP contribution is 2.32. The molecule has 0 saturated carbocycles. The summed E-state index contributed by atoms with van der Waals surface area (Å²) in [6, 6.07) is 19.0. The Kier molecular flexibility index (Phi) is 6.94. The maximum atomic E-state index is 13.1. The van der Waals surface area contributed by atoms with Gasteiger partial charge in [0.05, 0.1) is 12.1 Å². The molecule has 3 atom stereocenters. The van der Waals surface area contributed by atoms with E-state index in [1.54, 1.807) is 6.20 Å². The molecule has 0 aliphatic carbocycles. The van der Waals surface area contributed by atoms with Crippen LogP contribution in [0.25, 0.3) is 10.9 Å². The highest BCUT2D eigenvalue weighted by Gasteiger charge is 2.41. The molecule has 8 nitrogen and oxygen atoms in total. The van der Waals surface area contributed by atoms with Gasteiger partial charge in [-0.1, -0.05) is 53.7 Å². The molecule has 2 aromatic carbocycles. The highest BCUT2D eigenvalue weighted by atomic mass is 79.9. The first-order valence-corrected chi connectivity index (χ1v) is 12.3. The largest absolute Gasteiger partial charge is 0.444 e. The van der Waals surface area contributed by atoms with Crippen LogP contribution in [0.4, 0.5) is 4.79 Å². The van der Waals surface area contributed by atoms with Crippen LogP contribution in [0.5, 0.6) is 0 Å². The number of rotatable bonds is 6. The van der Waals surface area contributed by atoms with Crippen molar-refractivity contribution in [1.82, 2.24) is 15.2 Å². The Morgan fingerprint density at radius 2 is 1.94 bits per heavy atom. The van der Waals surface area contributed by atoms with Crippen LogP contribution in [0.15, 0.2) is 72.0 Å². The molecule has 0 bridgehead atoms. The SMILES string of the molecule is O=C(NC[C@@H]1CC(Br)=NO1)[C@@H]1C[C@@H](c2ccccc2)CN1C(=O)OCc1cnc2ccccc2c1. The Bertz CT molecular complexity index is 1250. The Hall–Kier alpha value is -3.46. The Balaban J connectivity index is 1.26. The van der Waals surface area contributed by atoms with Crippen molar-refractivity contribution < 1.29 is 19.2 Å². The number of pyridine rings is 1. The molecule has 180 valence electrons. The maximum absolute atomic E-state index is 13.1. The Morgan fingerprint density at radius 1 is 1.14 bits per heavy atom. The summed E-state index contributed by atoms with van der Waals surface area (Å²) in [7, 11) is 0. The van der Waals surface area contributed by atoms with E-state index in [0.717, 1.165) is 26.7 Å². The average molecular weight is 537 g/mol. The number of benzene rings is 2. The minimum absolute atomic E-state index is 0.0436. The van der Waals surface area contributed by atoms with Gasteiger partial charge >= 0.3 is 6.09 Å². The predicted molar refractivity (Wildman–Crippen MR) is 135 cm³/mol. The van der Waals surface area contributed by atoms with Gasteiger partial charge in [0, 0.05) is 36.0 Å². The third-order valence-electron chi connectivity index (χ3n) is 6.32. The van der Waals surface area contributed by atoms with Crippen molar-refractivity contribution in [2.24, 2.45) is 5.16 Å². The first-order chi connectivity index (χ1) is 17.1. The lowest BCUT2D eigenvalue weighted by atomic mass is 9.96. The van der Waals surface area contributed by atoms with Gasteiger partial charge in [-0.15, -0.1) is 0 Å². The molecule has 5 rings (SSSR count). The lowest BCUT2D eigenvalue weighted by Gasteiger charge is -2.23. The summed E-state index contributed by atoms with van der Waals surface area (Å²) in [5.74, 6) is -0.179. The average Bonchev–Trinajstić information content (AvgIpc) is 3.53. The van der Waals surface area contributed by atoms with E-state index in [1.165, 1.54) is 4.90 Å². The summed E-state index contributed by atoms with van der Waals surface area (Å²) in [6.07, 6.45) is 2.09. The third-order valence-corrected chi connectivity index (χ3v) is 6.79. The standard InChI is InChI=1S/C26H25BrN4O4/c27-24-12-21(35-30-24)14-29-25(32)23-11-20(18-6-2-1-3-7-18)15-31(23)26(33)34-16-17-10-19-8-4-5-9-22(19)28-13-17/h1-10,13,20-21,23H,11-12,14-16H2,(H,29,32)/t20-,21+,23+/m1/s1. The number of nitrogens with zero attached hydrogens (tertiary/aromatic N) is 3. The van der Waals surface area contributed by atoms with Crippen LogP contribution < -0.4 is 5.32 Å². The number of hydrogen-bond donors (Lipinski definition) is 1. The van der Waals surface area contributed by atoms with E-state index in [2.05, 4.69) is 31.4 Å². The van der Waals surface area contributed by atoms with Gasteiger partial charge in [0.2, 0.25) is 5.91 Å². The molecule has 0 radical (unpaired) electrons. The van der Waals surface area contributed by atoms with Crippen LogP contribution >= 0.6 is 15.9 Å². The van der Waals surface area contributed by atoms with Gasteiger partial charge < -0.3 is 14.9 Å². The number of fused-ring (bicyclic) bond motifs is 1. The van der Waals surface area contributed by atoms with E-state index in [4.69, 9.17) is 9.57 Å². The van der Waals surface area contributed by atoms with E-state index in [1.807, 2.05) is 60.7 Å². The molecule has 2 aliphatic heterocycles. The molecule has 0 spiro atoms. The monoisotopic (exact) mass is 536 g/mol. The molecule has 9 heteroatoms. The second-order valence-corrected chi connectivity index (χ2v) is 9.66. The third kappa shape index (κ3) is 5.45. The zero-order valence-electron chi connectivity index (χ0n) is 19.0. The first-order valence-electron chi connectivity index (χ1n) is 11.5. The fourth-order valence-electron chi connectivity index (χ4n) is 4.51. The van der Waals surface area contributed by atoms with Gasteiger partial charge in [0.1, 0.15) is 17.3 Å². The number of halogens is 1. The van der Waals surface area contributed by atoms with Gasteiger partial charge in [0.25, 0.3) is 0 Å². The van der Waals surface area contributed by atoms with Crippen LogP contribution in [0.1, 0.15) is 29.9 Å². The number of amides is 2. The van der Waals surface area contributed by atoms with E-state index in [9.17, 15) is 9.59 Å². The first kappa shape index (κ1) is 23.3. The van der Waals surface area contributed by atoms with Crippen molar-refractivity contribution in [3.8, 4) is 0 Å². The van der Waals surface area contributed by atoms with Crippen LogP contribution in [-0.2, 0) is 21.0 Å². The number of oxime groups is 1. The second kappa shape index (κ2) is 10.4. The summed E-state index contributed by atoms with van der Waals surface area (Å²) in [5, 5.41) is 7.75. The van der Waals surface area contributed by atoms with Crippen molar-refractivity contribution in [1.29, 1.82) is 0 Å². The van der Waals surface area contributed by atoms with E-state index < -0.39 is 12.1 Å². The van der Waals surface area contributed by atoms with Crippen LogP contribution in [-0.4, -0.2) is 51.7 Å². The van der Waals surface area contributed by atoms with Gasteiger partial charge in [-0.25, -0.2) is 4.79 Å². The van der Waals surface area contributed by atoms with Gasteiger partial charge in [0.15, 0.2) is 6.10 Å². The summed E-state index contributed by atoms with van der Waals surface area (Å²) < 4.78 is 6.35. The van der Waals surface area contributed by atoms with E-state index >= 15 is 0 Å². The van der Waals surface area contributed by atoms with Crippen LogP contribution in [0, 0.1) is 0 Å². The Morgan fingerprint density at radius 3 is 2.74 bits per heavy atom. The number of aromatic nitrogens is 1. The molecule has 3 heterocycles. The molecule has 35 heavy (non-hydrogen) atoms. The molecule has 2 aliphatic rings. The summed E-state index contributed by atoms with van der Waals surface area (Å²) >= 11 is 3.30. The summed E-state index contributed by atoms with van der Waals surface area (Å²) in [6.45, 7) is 0.805. The fourth-order valence-corrected chi connectivity index (χ4v) is 4.96. The summed E-state index contributed by atoms with van der Waals surface area (Å²) in [4.78, 5) is 37.5. The second-order valence-electron chi connectivity index (χ2n) is 8.75. The maximum Gasteiger partial charge on any atom is 0.410 e. The molecule has 1 N–H and O–H groups in total. The number of hydrogen-bond acceptors (Lipinski definition) is 6. The molecular weight excluding hydrogens is 512 g/mol. The number of para-hydroxylation sites is 1. The van der Waals surface area contributed by atoms with Crippen molar-refractivity contribution >= 4 is 43.5 Å². The lowest BCUT2D eigenvalue weighted by Crippen LogP contribution is -2.47. The normalized spacial score (nSPS) is 21.5. The van der Waals surface area contributed by atoms with Crippen molar-refractivity contribution in [3.05, 3.63) is 78.0 Å². The Labute approximate surface area is 211 Å². The van der Waals surface area contributed by atoms with E-state index in [-0.39, 0.29) is 24.5 Å². The number of carbonyl (C=O) groups excluding carboxylic acids is 2. The van der Waals surface area contributed by atoms with Crippen LogP contribution in [0.2, 0.25) is 0 Å². The smallest absolute Gasteiger partial charge is 0.410 e. The molecule has 1 aromatic heterocycles. The highest BCUT2D eigenvalue weighted by molar-refractivity contribution is 9.18. The molecule has 1 saturated heterocycles. The molecular formula is C26H25BrN4O4. The topological polar surface area (TPSA) is 93.1 Å². The van der Waals surface area contributed by atoms with Gasteiger partial charge in [-0.05, 0) is 40.0 Å². The van der Waals surface area contributed by atoms with Gasteiger partial charge in [-0.3, -0.25) is 14.7 Å². The predicted octanol–water partition coefficient (Wildman–Crippen LogP) is 4.34. The van der Waals surface area contributed by atoms with Crippen molar-refractivity contribution in [3.63, 3.8) is 0 Å². The quantitative estimate of drug-likeness (QED) is 0.505. The number of nitrogens with one attached hydrogen (secondary N) is 1. The number of carbonyl (C=O) groups is 2. The number of likely N-dealkylation sites (tertiary alicyclic amines) is 1. The van der Waals surface area contributed by atoms with Crippen LogP contribution in [0.3, 0.4) is 0 Å². The molecule has 0 unspecified atom stereocenters. The minimum atomic E-state index is -0.631. The van der Waals surface area contributed by atoms with Crippen molar-refractivity contribution in [2.75, 3.05) is 13.1 Å². The minimum Gasteiger partial charge on any atom is -0.444 e. The van der Waals surface area contributed by atoms with Crippen molar-refractivity contribution in [2.45, 2.75) is 37.5 Å². The van der Waals surface area contributed by atoms with E-state index in [0.29, 0.717) is 25.9 Å². The number of ether oxygens (including phenoxy) is 1. The molecule has 3 aromatic rings. The zero-order chi connectivity index (χ0) is 24.2. The zero-order valence-corrected chi connectivity index (χ0v) is 20.6. The summed E-state index contributed by atoms with van der Waals surface area (Å²) in [5.41, 5.74) is 2.77. The molecule has 2 amide bonds. The lowest BCUT2D eigenvalue weighted by molar-refractivity contribution is -0.125. The fraction of sp³-hybridized carbons (Fsp3) is 0.308. The molecule has 1 fully saturated rings.